The van der Waals surface area contributed by atoms with Crippen LogP contribution in [0.5, 0.6) is 0 Å². The molecule has 0 atom stereocenters. The molecule has 2 aliphatic carbocycles. The minimum Gasteiger partial charge on any atom is -0.456 e. The second kappa shape index (κ2) is 12.6. The third-order valence-corrected chi connectivity index (χ3v) is 14.1. The van der Waals surface area contributed by atoms with Gasteiger partial charge in [0, 0.05) is 65.6 Å². The number of benzene rings is 7. The van der Waals surface area contributed by atoms with Gasteiger partial charge in [-0.05, 0) is 98.2 Å². The van der Waals surface area contributed by atoms with E-state index in [0.717, 1.165) is 44.5 Å². The zero-order chi connectivity index (χ0) is 37.9. The summed E-state index contributed by atoms with van der Waals surface area (Å²) >= 11 is 0. The first-order chi connectivity index (χ1) is 28.8. The molecule has 2 aliphatic rings. The molecule has 0 saturated heterocycles. The van der Waals surface area contributed by atoms with Crippen molar-refractivity contribution in [1.29, 1.82) is 0 Å². The number of hydrogen-bond donors (Lipinski definition) is 0. The van der Waals surface area contributed by atoms with E-state index < -0.39 is 0 Å². The first-order valence-corrected chi connectivity index (χ1v) is 21.7. The van der Waals surface area contributed by atoms with Gasteiger partial charge in [0.05, 0.1) is 22.1 Å². The monoisotopic (exact) mass is 752 g/mol. The standard InChI is InChI=1S/C54H44N2O2/c1-3-15-33(16-4-1)49-50(34-17-5-2-6-18-34)54-52(42-32-36(28-30-48(42)58-54)56-45-25-13-9-21-39(45)40-22-10-14-26-46(40)56)51-41-31-35(27-29-47(41)57-53(49)51)55-43-23-11-7-19-37(43)38-20-8-12-24-44(38)55/h7-14,19-34H,1-6,15-18H2. The summed E-state index contributed by atoms with van der Waals surface area (Å²) in [6, 6.07) is 49.0. The zero-order valence-electron chi connectivity index (χ0n) is 32.6. The van der Waals surface area contributed by atoms with Crippen LogP contribution in [0.25, 0.3) is 98.9 Å². The van der Waals surface area contributed by atoms with Crippen LogP contribution in [-0.2, 0) is 0 Å². The molecule has 0 aliphatic heterocycles. The Morgan fingerprint density at radius 2 is 0.707 bits per heavy atom. The lowest BCUT2D eigenvalue weighted by molar-refractivity contribution is 0.417. The first-order valence-electron chi connectivity index (χ1n) is 21.7. The highest BCUT2D eigenvalue weighted by Gasteiger charge is 2.34. The molecule has 58 heavy (non-hydrogen) atoms. The van der Waals surface area contributed by atoms with Crippen LogP contribution in [-0.4, -0.2) is 9.13 Å². The molecule has 282 valence electrons. The Labute approximate surface area is 336 Å². The predicted octanol–water partition coefficient (Wildman–Crippen LogP) is 15.8. The van der Waals surface area contributed by atoms with Gasteiger partial charge in [-0.1, -0.05) is 111 Å². The molecular weight excluding hydrogens is 709 g/mol. The van der Waals surface area contributed by atoms with E-state index in [0.29, 0.717) is 11.8 Å². The fourth-order valence-corrected chi connectivity index (χ4v) is 11.6. The molecule has 0 N–H and O–H groups in total. The van der Waals surface area contributed by atoms with Crippen LogP contribution >= 0.6 is 0 Å². The molecule has 0 radical (unpaired) electrons. The quantitative estimate of drug-likeness (QED) is 0.179. The molecule has 4 heterocycles. The lowest BCUT2D eigenvalue weighted by atomic mass is 9.74. The minimum absolute atomic E-state index is 0.469. The molecular formula is C54H44N2O2. The van der Waals surface area contributed by atoms with Gasteiger partial charge >= 0.3 is 0 Å². The van der Waals surface area contributed by atoms with Crippen LogP contribution in [0.15, 0.2) is 142 Å². The van der Waals surface area contributed by atoms with Crippen molar-refractivity contribution in [2.24, 2.45) is 0 Å². The summed E-state index contributed by atoms with van der Waals surface area (Å²) in [6.45, 7) is 0. The molecule has 4 aromatic heterocycles. The molecule has 7 aromatic carbocycles. The first kappa shape index (κ1) is 32.8. The second-order valence-electron chi connectivity index (χ2n) is 17.2. The molecule has 2 fully saturated rings. The molecule has 0 spiro atoms. The van der Waals surface area contributed by atoms with Gasteiger partial charge in [0.15, 0.2) is 0 Å². The fourth-order valence-electron chi connectivity index (χ4n) is 11.6. The van der Waals surface area contributed by atoms with Crippen molar-refractivity contribution in [3.05, 3.63) is 145 Å². The van der Waals surface area contributed by atoms with Crippen molar-refractivity contribution < 1.29 is 8.83 Å². The Bertz CT molecular complexity index is 3090. The molecule has 0 amide bonds. The second-order valence-corrected chi connectivity index (χ2v) is 17.2. The van der Waals surface area contributed by atoms with Crippen LogP contribution in [0.4, 0.5) is 0 Å². The average molecular weight is 753 g/mol. The fraction of sp³-hybridized carbons (Fsp3) is 0.222. The van der Waals surface area contributed by atoms with E-state index in [-0.39, 0.29) is 0 Å². The highest BCUT2D eigenvalue weighted by atomic mass is 16.3. The van der Waals surface area contributed by atoms with Crippen LogP contribution in [0.2, 0.25) is 0 Å². The largest absolute Gasteiger partial charge is 0.456 e. The number of hydrogen-bond acceptors (Lipinski definition) is 2. The van der Waals surface area contributed by atoms with Gasteiger partial charge in [-0.25, -0.2) is 0 Å². The summed E-state index contributed by atoms with van der Waals surface area (Å²) in [7, 11) is 0. The van der Waals surface area contributed by atoms with Gasteiger partial charge in [-0.3, -0.25) is 0 Å². The summed E-state index contributed by atoms with van der Waals surface area (Å²) in [5, 5.41) is 9.84. The van der Waals surface area contributed by atoms with Crippen molar-refractivity contribution in [1.82, 2.24) is 9.13 Å². The molecule has 0 bridgehead atoms. The van der Waals surface area contributed by atoms with Gasteiger partial charge in [0.25, 0.3) is 0 Å². The number of rotatable bonds is 4. The number of furan rings is 2. The van der Waals surface area contributed by atoms with Crippen molar-refractivity contribution in [3.8, 4) is 11.4 Å². The van der Waals surface area contributed by atoms with Crippen LogP contribution in [0.3, 0.4) is 0 Å². The lowest BCUT2D eigenvalue weighted by Crippen LogP contribution is -2.13. The van der Waals surface area contributed by atoms with Crippen LogP contribution in [0, 0.1) is 0 Å². The van der Waals surface area contributed by atoms with E-state index in [1.165, 1.54) is 130 Å². The Morgan fingerprint density at radius 1 is 0.362 bits per heavy atom. The van der Waals surface area contributed by atoms with E-state index in [1.807, 2.05) is 0 Å². The van der Waals surface area contributed by atoms with Crippen molar-refractivity contribution >= 4 is 87.5 Å². The Morgan fingerprint density at radius 3 is 1.07 bits per heavy atom. The maximum absolute atomic E-state index is 7.30. The van der Waals surface area contributed by atoms with Crippen molar-refractivity contribution in [3.63, 3.8) is 0 Å². The topological polar surface area (TPSA) is 36.1 Å². The summed E-state index contributed by atoms with van der Waals surface area (Å²) in [6.07, 6.45) is 12.6. The van der Waals surface area contributed by atoms with E-state index in [2.05, 4.69) is 143 Å². The molecule has 4 nitrogen and oxygen atoms in total. The van der Waals surface area contributed by atoms with Crippen molar-refractivity contribution in [2.45, 2.75) is 76.0 Å². The van der Waals surface area contributed by atoms with Crippen LogP contribution < -0.4 is 0 Å². The van der Waals surface area contributed by atoms with Gasteiger partial charge in [-0.15, -0.1) is 0 Å². The Kier molecular flexibility index (Phi) is 7.13. The molecule has 0 unspecified atom stereocenters. The summed E-state index contributed by atoms with van der Waals surface area (Å²) < 4.78 is 19.5. The maximum atomic E-state index is 7.30. The molecule has 2 saturated carbocycles. The maximum Gasteiger partial charge on any atom is 0.140 e. The highest BCUT2D eigenvalue weighted by Crippen LogP contribution is 2.53. The molecule has 11 aromatic rings. The predicted molar refractivity (Wildman–Crippen MR) is 241 cm³/mol. The third kappa shape index (κ3) is 4.63. The highest BCUT2D eigenvalue weighted by molar-refractivity contribution is 6.28. The normalized spacial score (nSPS) is 16.1. The minimum atomic E-state index is 0.469. The smallest absolute Gasteiger partial charge is 0.140 e. The summed E-state index contributed by atoms with van der Waals surface area (Å²) in [5.41, 5.74) is 14.2. The average Bonchev–Trinajstić information content (AvgIpc) is 4.04. The van der Waals surface area contributed by atoms with Crippen LogP contribution in [0.1, 0.15) is 87.2 Å². The van der Waals surface area contributed by atoms with Gasteiger partial charge in [0.1, 0.15) is 22.3 Å². The number of nitrogens with zero attached hydrogens (tertiary/aromatic N) is 2. The molecule has 13 rings (SSSR count). The van der Waals surface area contributed by atoms with Crippen molar-refractivity contribution in [2.75, 3.05) is 0 Å². The van der Waals surface area contributed by atoms with Gasteiger partial charge in [-0.2, -0.15) is 0 Å². The summed E-state index contributed by atoms with van der Waals surface area (Å²) in [5.74, 6) is 0.938. The van der Waals surface area contributed by atoms with E-state index in [9.17, 15) is 0 Å². The summed E-state index contributed by atoms with van der Waals surface area (Å²) in [4.78, 5) is 0. The number of aromatic nitrogens is 2. The Hall–Kier alpha value is -6.26. The number of para-hydroxylation sites is 4. The van der Waals surface area contributed by atoms with E-state index in [4.69, 9.17) is 8.83 Å². The SMILES string of the molecule is c1ccc2c(c1)c1ccccc1n2-c1ccc2oc3c(C4CCCCC4)c(C4CCCCC4)c4oc5ccc(-n6c7ccccc7c7ccccc76)cc5c4c3c2c1. The third-order valence-electron chi connectivity index (χ3n) is 14.1. The number of fused-ring (bicyclic) bond motifs is 13. The molecule has 4 heteroatoms. The van der Waals surface area contributed by atoms with Gasteiger partial charge < -0.3 is 18.0 Å². The zero-order valence-corrected chi connectivity index (χ0v) is 32.6. The van der Waals surface area contributed by atoms with E-state index in [1.54, 1.807) is 0 Å². The lowest BCUT2D eigenvalue weighted by Gasteiger charge is -2.30. The Balaban J connectivity index is 1.17. The van der Waals surface area contributed by atoms with Gasteiger partial charge in [0.2, 0.25) is 0 Å². The van der Waals surface area contributed by atoms with E-state index >= 15 is 0 Å².